The summed E-state index contributed by atoms with van der Waals surface area (Å²) < 4.78 is 11.0. The summed E-state index contributed by atoms with van der Waals surface area (Å²) >= 11 is 0.986. The lowest BCUT2D eigenvalue weighted by atomic mass is 9.74. The molecule has 5 nitrogen and oxygen atoms in total. The quantitative estimate of drug-likeness (QED) is 0.646. The fourth-order valence-corrected chi connectivity index (χ4v) is 2.99. The zero-order valence-corrected chi connectivity index (χ0v) is 9.84. The predicted octanol–water partition coefficient (Wildman–Crippen LogP) is 1.74. The molecule has 2 aliphatic heterocycles. The van der Waals surface area contributed by atoms with Gasteiger partial charge >= 0.3 is 6.09 Å². The molecule has 0 bridgehead atoms. The van der Waals surface area contributed by atoms with Crippen molar-refractivity contribution in [3.63, 3.8) is 0 Å². The summed E-state index contributed by atoms with van der Waals surface area (Å²) in [6, 6.07) is 0. The highest BCUT2D eigenvalue weighted by Crippen LogP contribution is 2.50. The van der Waals surface area contributed by atoms with E-state index in [-0.39, 0.29) is 11.5 Å². The number of rotatable bonds is 0. The molecule has 2 saturated heterocycles. The molecule has 0 saturated carbocycles. The number of fused-ring (bicyclic) bond motifs is 1. The van der Waals surface area contributed by atoms with Gasteiger partial charge in [-0.3, -0.25) is 8.37 Å². The molecular weight excluding hydrogens is 218 g/mol. The van der Waals surface area contributed by atoms with Crippen LogP contribution in [0.3, 0.4) is 0 Å². The van der Waals surface area contributed by atoms with Crippen molar-refractivity contribution < 1.29 is 18.3 Å². The van der Waals surface area contributed by atoms with Crippen LogP contribution in [0.15, 0.2) is 0 Å². The Balaban J connectivity index is 2.26. The Kier molecular flexibility index (Phi) is 2.40. The second kappa shape index (κ2) is 3.26. The normalized spacial score (nSPS) is 35.7. The van der Waals surface area contributed by atoms with Crippen LogP contribution in [0, 0.1) is 5.41 Å². The van der Waals surface area contributed by atoms with Crippen LogP contribution < -0.4 is 0 Å². The molecule has 1 N–H and O–H groups in total. The molecular formula is C9H15NO4S. The van der Waals surface area contributed by atoms with Crippen LogP contribution in [-0.2, 0) is 8.37 Å². The fraction of sp³-hybridized carbons (Fsp3) is 0.889. The highest BCUT2D eigenvalue weighted by molar-refractivity contribution is 7.90. The van der Waals surface area contributed by atoms with Crippen LogP contribution in [-0.4, -0.2) is 40.9 Å². The second-order valence-corrected chi connectivity index (χ2v) is 5.53. The lowest BCUT2D eigenvalue weighted by Gasteiger charge is -2.37. The molecule has 0 aromatic carbocycles. The van der Waals surface area contributed by atoms with Crippen molar-refractivity contribution in [3.8, 4) is 0 Å². The average molecular weight is 233 g/mol. The molecule has 2 heterocycles. The Labute approximate surface area is 93.1 Å². The molecule has 2 atom stereocenters. The van der Waals surface area contributed by atoms with Gasteiger partial charge in [0.05, 0.1) is 13.1 Å². The van der Waals surface area contributed by atoms with E-state index >= 15 is 0 Å². The Hall–Kier alpha value is -0.460. The van der Waals surface area contributed by atoms with Crippen LogP contribution in [0.25, 0.3) is 0 Å². The highest BCUT2D eigenvalue weighted by Gasteiger charge is 2.61. The van der Waals surface area contributed by atoms with Crippen molar-refractivity contribution >= 4 is 18.4 Å². The van der Waals surface area contributed by atoms with Crippen LogP contribution in [0.2, 0.25) is 0 Å². The van der Waals surface area contributed by atoms with E-state index in [1.54, 1.807) is 0 Å². The van der Waals surface area contributed by atoms with Gasteiger partial charge in [-0.2, -0.15) is 0 Å². The Morgan fingerprint density at radius 1 is 1.60 bits per heavy atom. The van der Waals surface area contributed by atoms with Crippen LogP contribution in [0.5, 0.6) is 0 Å². The monoisotopic (exact) mass is 233 g/mol. The van der Waals surface area contributed by atoms with E-state index in [0.717, 1.165) is 12.3 Å². The van der Waals surface area contributed by atoms with Crippen molar-refractivity contribution in [3.05, 3.63) is 0 Å². The summed E-state index contributed by atoms with van der Waals surface area (Å²) in [7, 11) is 0. The van der Waals surface area contributed by atoms with Gasteiger partial charge < -0.3 is 10.0 Å². The first-order valence-electron chi connectivity index (χ1n) is 4.86. The molecule has 0 spiro atoms. The van der Waals surface area contributed by atoms with Crippen molar-refractivity contribution in [1.82, 2.24) is 4.90 Å². The van der Waals surface area contributed by atoms with Crippen molar-refractivity contribution in [2.45, 2.75) is 32.5 Å². The minimum Gasteiger partial charge on any atom is -0.465 e. The first-order valence-corrected chi connectivity index (χ1v) is 5.52. The SMILES string of the molecule is CC(C)(C)C12CN(C(=O)O)CC1OSO2. The van der Waals surface area contributed by atoms with E-state index in [2.05, 4.69) is 0 Å². The van der Waals surface area contributed by atoms with Gasteiger partial charge in [0.2, 0.25) is 0 Å². The van der Waals surface area contributed by atoms with Gasteiger partial charge in [-0.05, 0) is 5.41 Å². The third kappa shape index (κ3) is 1.51. The van der Waals surface area contributed by atoms with E-state index in [1.807, 2.05) is 20.8 Å². The van der Waals surface area contributed by atoms with Gasteiger partial charge in [-0.1, -0.05) is 20.8 Å². The number of likely N-dealkylation sites (tertiary alicyclic amines) is 1. The van der Waals surface area contributed by atoms with E-state index < -0.39 is 11.7 Å². The summed E-state index contributed by atoms with van der Waals surface area (Å²) in [5.41, 5.74) is -0.665. The summed E-state index contributed by atoms with van der Waals surface area (Å²) in [5, 5.41) is 8.96. The molecule has 15 heavy (non-hydrogen) atoms. The highest BCUT2D eigenvalue weighted by atomic mass is 32.2. The first-order chi connectivity index (χ1) is 6.87. The molecule has 0 aliphatic carbocycles. The molecule has 2 aliphatic rings. The second-order valence-electron chi connectivity index (χ2n) is 5.04. The van der Waals surface area contributed by atoms with Crippen LogP contribution >= 0.6 is 12.3 Å². The number of carbonyl (C=O) groups is 1. The fourth-order valence-electron chi connectivity index (χ4n) is 2.10. The van der Waals surface area contributed by atoms with Crippen LogP contribution in [0.1, 0.15) is 20.8 Å². The Morgan fingerprint density at radius 3 is 2.73 bits per heavy atom. The number of amides is 1. The number of hydrogen-bond donors (Lipinski definition) is 1. The average Bonchev–Trinajstić information content (AvgIpc) is 2.55. The minimum absolute atomic E-state index is 0.147. The maximum absolute atomic E-state index is 10.9. The van der Waals surface area contributed by atoms with E-state index in [9.17, 15) is 4.79 Å². The summed E-state index contributed by atoms with van der Waals surface area (Å²) in [5.74, 6) is 0. The van der Waals surface area contributed by atoms with Gasteiger partial charge in [0, 0.05) is 0 Å². The third-order valence-electron chi connectivity index (χ3n) is 3.21. The Bertz CT molecular complexity index is 290. The molecule has 6 heteroatoms. The first kappa shape index (κ1) is 11.0. The largest absolute Gasteiger partial charge is 0.465 e. The molecule has 2 rings (SSSR count). The summed E-state index contributed by atoms with van der Waals surface area (Å²) in [6.45, 7) is 6.89. The van der Waals surface area contributed by atoms with Gasteiger partial charge in [0.25, 0.3) is 0 Å². The van der Waals surface area contributed by atoms with Gasteiger partial charge in [0.15, 0.2) is 12.3 Å². The predicted molar refractivity (Wildman–Crippen MR) is 55.3 cm³/mol. The smallest absolute Gasteiger partial charge is 0.407 e. The molecule has 2 fully saturated rings. The summed E-state index contributed by atoms with van der Waals surface area (Å²) in [6.07, 6.45) is -1.08. The Morgan fingerprint density at radius 2 is 2.27 bits per heavy atom. The van der Waals surface area contributed by atoms with Gasteiger partial charge in [-0.15, -0.1) is 0 Å². The zero-order chi connectivity index (χ0) is 11.3. The lowest BCUT2D eigenvalue weighted by molar-refractivity contribution is -0.0246. The third-order valence-corrected chi connectivity index (χ3v) is 3.89. The molecule has 2 unspecified atom stereocenters. The van der Waals surface area contributed by atoms with E-state index in [4.69, 9.17) is 13.5 Å². The van der Waals surface area contributed by atoms with Crippen molar-refractivity contribution in [2.75, 3.05) is 13.1 Å². The number of carboxylic acid groups (broad SMARTS) is 1. The molecule has 0 aromatic heterocycles. The van der Waals surface area contributed by atoms with E-state index in [0.29, 0.717) is 13.1 Å². The number of hydrogen-bond acceptors (Lipinski definition) is 4. The van der Waals surface area contributed by atoms with Gasteiger partial charge in [-0.25, -0.2) is 4.79 Å². The van der Waals surface area contributed by atoms with Gasteiger partial charge in [0.1, 0.15) is 11.7 Å². The van der Waals surface area contributed by atoms with Crippen molar-refractivity contribution in [1.29, 1.82) is 0 Å². The minimum atomic E-state index is -0.912. The molecule has 1 amide bonds. The van der Waals surface area contributed by atoms with Crippen molar-refractivity contribution in [2.24, 2.45) is 5.41 Å². The van der Waals surface area contributed by atoms with Crippen LogP contribution in [0.4, 0.5) is 4.79 Å². The standard InChI is InChI=1S/C9H15NO4S/c1-8(2,3)9-5-10(7(11)12)4-6(9)13-15-14-9/h6H,4-5H2,1-3H3,(H,11,12). The molecule has 0 radical (unpaired) electrons. The summed E-state index contributed by atoms with van der Waals surface area (Å²) in [4.78, 5) is 12.3. The molecule has 0 aromatic rings. The topological polar surface area (TPSA) is 59.0 Å². The zero-order valence-electron chi connectivity index (χ0n) is 9.02. The maximum atomic E-state index is 10.9. The molecule has 86 valence electrons. The maximum Gasteiger partial charge on any atom is 0.407 e. The van der Waals surface area contributed by atoms with E-state index in [1.165, 1.54) is 4.90 Å². The lowest BCUT2D eigenvalue weighted by Crippen LogP contribution is -2.51. The number of nitrogens with zero attached hydrogens (tertiary/aromatic N) is 1.